The van der Waals surface area contributed by atoms with Gasteiger partial charge in [-0.3, -0.25) is 10.2 Å². The zero-order valence-corrected chi connectivity index (χ0v) is 9.42. The number of hydrazine groups is 1. The number of carbonyl (C=O) groups excluding carboxylic acids is 1. The Labute approximate surface area is 86.2 Å². The van der Waals surface area contributed by atoms with Gasteiger partial charge in [-0.2, -0.15) is 0 Å². The summed E-state index contributed by atoms with van der Waals surface area (Å²) in [5, 5.41) is 0. The summed E-state index contributed by atoms with van der Waals surface area (Å²) in [6.07, 6.45) is 1.36. The molecule has 0 aromatic carbocycles. The molecule has 0 spiro atoms. The summed E-state index contributed by atoms with van der Waals surface area (Å²) in [4.78, 5) is 15.2. The topological polar surface area (TPSA) is 61.6 Å². The molecule has 0 bridgehead atoms. The monoisotopic (exact) mass is 202 g/mol. The van der Waals surface area contributed by atoms with E-state index in [1.54, 1.807) is 0 Å². The molecule has 0 aliphatic carbocycles. The molecular weight excluding hydrogens is 180 g/mol. The van der Waals surface area contributed by atoms with Gasteiger partial charge in [-0.25, -0.2) is 5.84 Å². The summed E-state index contributed by atoms with van der Waals surface area (Å²) < 4.78 is 0. The van der Waals surface area contributed by atoms with Crippen LogP contribution in [0.3, 0.4) is 0 Å². The van der Waals surface area contributed by atoms with Crippen LogP contribution in [0.25, 0.3) is 0 Å². The van der Waals surface area contributed by atoms with Gasteiger partial charge in [-0.05, 0) is 34.1 Å². The Hall–Kier alpha value is -0.650. The number of carbonyl (C=O) groups is 1. The molecule has 3 N–H and O–H groups in total. The Morgan fingerprint density at radius 2 is 1.86 bits per heavy atom. The first-order valence-electron chi connectivity index (χ1n) is 4.89. The van der Waals surface area contributed by atoms with E-state index < -0.39 is 0 Å². The molecule has 0 atom stereocenters. The van der Waals surface area contributed by atoms with Crippen LogP contribution in [0.15, 0.2) is 0 Å². The average molecular weight is 202 g/mol. The Bertz CT molecular complexity index is 161. The molecule has 0 rings (SSSR count). The van der Waals surface area contributed by atoms with Crippen molar-refractivity contribution in [3.63, 3.8) is 0 Å². The van der Waals surface area contributed by atoms with E-state index in [0.29, 0.717) is 6.42 Å². The fourth-order valence-corrected chi connectivity index (χ4v) is 1.06. The quantitative estimate of drug-likeness (QED) is 0.324. The number of hydrogen-bond donors (Lipinski definition) is 2. The Kier molecular flexibility index (Phi) is 7.37. The molecule has 0 aromatic heterocycles. The van der Waals surface area contributed by atoms with Gasteiger partial charge in [0.2, 0.25) is 5.91 Å². The maximum absolute atomic E-state index is 10.8. The number of hydrogen-bond acceptors (Lipinski definition) is 4. The number of likely N-dealkylation sites (N-methyl/N-ethyl adjacent to an activating group) is 2. The van der Waals surface area contributed by atoms with E-state index in [0.717, 1.165) is 26.1 Å². The number of nitrogens with two attached hydrogens (primary N) is 1. The summed E-state index contributed by atoms with van der Waals surface area (Å²) in [5.41, 5.74) is 2.12. The highest BCUT2D eigenvalue weighted by molar-refractivity contribution is 5.75. The maximum Gasteiger partial charge on any atom is 0.233 e. The fourth-order valence-electron chi connectivity index (χ4n) is 1.06. The van der Waals surface area contributed by atoms with Gasteiger partial charge in [0.05, 0.1) is 0 Å². The van der Waals surface area contributed by atoms with Crippen molar-refractivity contribution >= 4 is 5.91 Å². The SMILES string of the molecule is CN(C)CCN(C)CCCC(=O)NN. The first kappa shape index (κ1) is 13.4. The van der Waals surface area contributed by atoms with E-state index in [-0.39, 0.29) is 5.91 Å². The van der Waals surface area contributed by atoms with E-state index in [1.807, 2.05) is 0 Å². The van der Waals surface area contributed by atoms with Crippen molar-refractivity contribution in [1.82, 2.24) is 15.2 Å². The lowest BCUT2D eigenvalue weighted by atomic mass is 10.3. The minimum absolute atomic E-state index is 0.0917. The second-order valence-corrected chi connectivity index (χ2v) is 3.78. The molecule has 0 aliphatic heterocycles. The summed E-state index contributed by atoms with van der Waals surface area (Å²) >= 11 is 0. The minimum Gasteiger partial charge on any atom is -0.308 e. The smallest absolute Gasteiger partial charge is 0.233 e. The largest absolute Gasteiger partial charge is 0.308 e. The Morgan fingerprint density at radius 3 is 2.36 bits per heavy atom. The van der Waals surface area contributed by atoms with E-state index in [2.05, 4.69) is 36.4 Å². The lowest BCUT2D eigenvalue weighted by Gasteiger charge is -2.18. The third-order valence-electron chi connectivity index (χ3n) is 2.03. The van der Waals surface area contributed by atoms with Crippen molar-refractivity contribution in [2.75, 3.05) is 40.8 Å². The highest BCUT2D eigenvalue weighted by Gasteiger charge is 2.01. The van der Waals surface area contributed by atoms with Crippen LogP contribution in [0.2, 0.25) is 0 Å². The van der Waals surface area contributed by atoms with Gasteiger partial charge in [0, 0.05) is 19.5 Å². The third-order valence-corrected chi connectivity index (χ3v) is 2.03. The van der Waals surface area contributed by atoms with Crippen LogP contribution in [0.1, 0.15) is 12.8 Å². The van der Waals surface area contributed by atoms with Gasteiger partial charge in [0.1, 0.15) is 0 Å². The third kappa shape index (κ3) is 7.97. The van der Waals surface area contributed by atoms with Crippen molar-refractivity contribution in [3.8, 4) is 0 Å². The molecule has 5 nitrogen and oxygen atoms in total. The van der Waals surface area contributed by atoms with E-state index >= 15 is 0 Å². The number of amides is 1. The summed E-state index contributed by atoms with van der Waals surface area (Å²) in [7, 11) is 6.16. The molecule has 84 valence electrons. The molecule has 0 heterocycles. The Morgan fingerprint density at radius 1 is 1.21 bits per heavy atom. The fraction of sp³-hybridized carbons (Fsp3) is 0.889. The summed E-state index contributed by atoms with van der Waals surface area (Å²) in [5.74, 6) is 4.88. The molecule has 0 radical (unpaired) electrons. The van der Waals surface area contributed by atoms with E-state index in [4.69, 9.17) is 5.84 Å². The second-order valence-electron chi connectivity index (χ2n) is 3.78. The van der Waals surface area contributed by atoms with Crippen molar-refractivity contribution in [2.45, 2.75) is 12.8 Å². The van der Waals surface area contributed by atoms with Crippen molar-refractivity contribution in [3.05, 3.63) is 0 Å². The van der Waals surface area contributed by atoms with Crippen LogP contribution >= 0.6 is 0 Å². The number of nitrogens with zero attached hydrogens (tertiary/aromatic N) is 2. The van der Waals surface area contributed by atoms with Crippen molar-refractivity contribution in [1.29, 1.82) is 0 Å². The lowest BCUT2D eigenvalue weighted by Crippen LogP contribution is -2.32. The van der Waals surface area contributed by atoms with Gasteiger partial charge < -0.3 is 9.80 Å². The molecule has 0 saturated carbocycles. The maximum atomic E-state index is 10.8. The molecule has 0 saturated heterocycles. The molecule has 1 amide bonds. The minimum atomic E-state index is -0.0917. The molecule has 0 aliphatic rings. The first-order valence-corrected chi connectivity index (χ1v) is 4.89. The Balaban J connectivity index is 3.35. The standard InChI is InChI=1S/C9H22N4O/c1-12(2)7-8-13(3)6-4-5-9(14)11-10/h4-8,10H2,1-3H3,(H,11,14). The molecule has 14 heavy (non-hydrogen) atoms. The van der Waals surface area contributed by atoms with Crippen LogP contribution in [-0.2, 0) is 4.79 Å². The summed E-state index contributed by atoms with van der Waals surface area (Å²) in [6.45, 7) is 3.00. The second kappa shape index (κ2) is 7.73. The van der Waals surface area contributed by atoms with E-state index in [1.165, 1.54) is 0 Å². The predicted octanol–water partition coefficient (Wildman–Crippen LogP) is -0.750. The molecular formula is C9H22N4O. The number of rotatable bonds is 7. The molecule has 0 unspecified atom stereocenters. The normalized spacial score (nSPS) is 11.0. The van der Waals surface area contributed by atoms with Gasteiger partial charge in [-0.15, -0.1) is 0 Å². The predicted molar refractivity (Wildman–Crippen MR) is 57.6 cm³/mol. The van der Waals surface area contributed by atoms with Gasteiger partial charge >= 0.3 is 0 Å². The highest BCUT2D eigenvalue weighted by atomic mass is 16.2. The van der Waals surface area contributed by atoms with Crippen LogP contribution in [0.5, 0.6) is 0 Å². The van der Waals surface area contributed by atoms with Crippen molar-refractivity contribution < 1.29 is 4.79 Å². The van der Waals surface area contributed by atoms with Crippen LogP contribution in [-0.4, -0.2) is 56.5 Å². The van der Waals surface area contributed by atoms with Crippen LogP contribution in [0.4, 0.5) is 0 Å². The molecule has 0 fully saturated rings. The highest BCUT2D eigenvalue weighted by Crippen LogP contribution is 1.92. The zero-order chi connectivity index (χ0) is 11.0. The van der Waals surface area contributed by atoms with E-state index in [9.17, 15) is 4.79 Å². The number of nitrogens with one attached hydrogen (secondary N) is 1. The molecule has 5 heteroatoms. The summed E-state index contributed by atoms with van der Waals surface area (Å²) in [6, 6.07) is 0. The van der Waals surface area contributed by atoms with Gasteiger partial charge in [-0.1, -0.05) is 0 Å². The van der Waals surface area contributed by atoms with Gasteiger partial charge in [0.15, 0.2) is 0 Å². The molecule has 0 aromatic rings. The van der Waals surface area contributed by atoms with Crippen LogP contribution < -0.4 is 11.3 Å². The van der Waals surface area contributed by atoms with Crippen molar-refractivity contribution in [2.24, 2.45) is 5.84 Å². The first-order chi connectivity index (χ1) is 6.56. The van der Waals surface area contributed by atoms with Gasteiger partial charge in [0.25, 0.3) is 0 Å². The zero-order valence-electron chi connectivity index (χ0n) is 9.42. The average Bonchev–Trinajstić information content (AvgIpc) is 2.14. The van der Waals surface area contributed by atoms with Crippen LogP contribution in [0, 0.1) is 0 Å². The lowest BCUT2D eigenvalue weighted by molar-refractivity contribution is -0.121.